The van der Waals surface area contributed by atoms with Crippen molar-refractivity contribution >= 4 is 45.2 Å². The van der Waals surface area contributed by atoms with E-state index in [9.17, 15) is 9.59 Å². The van der Waals surface area contributed by atoms with Crippen molar-refractivity contribution in [3.8, 4) is 0 Å². The zero-order valence-corrected chi connectivity index (χ0v) is 18.0. The van der Waals surface area contributed by atoms with Crippen molar-refractivity contribution in [3.63, 3.8) is 0 Å². The normalized spacial score (nSPS) is 28.1. The van der Waals surface area contributed by atoms with Gasteiger partial charge in [0.2, 0.25) is 6.29 Å². The molecule has 2 heterocycles. The number of rotatable bonds is 4. The van der Waals surface area contributed by atoms with Gasteiger partial charge in [0.05, 0.1) is 12.1 Å². The van der Waals surface area contributed by atoms with E-state index in [1.807, 2.05) is 12.1 Å². The van der Waals surface area contributed by atoms with Crippen molar-refractivity contribution in [3.05, 3.63) is 38.3 Å². The summed E-state index contributed by atoms with van der Waals surface area (Å²) in [6, 6.07) is 6.90. The molecule has 3 rings (SSSR count). The number of fused-ring (bicyclic) bond motifs is 1. The number of hydrogen-bond acceptors (Lipinski definition) is 6. The van der Waals surface area contributed by atoms with Gasteiger partial charge in [-0.05, 0) is 53.0 Å². The van der Waals surface area contributed by atoms with Gasteiger partial charge in [-0.1, -0.05) is 20.8 Å². The Kier molecular flexibility index (Phi) is 6.10. The highest BCUT2D eigenvalue weighted by Gasteiger charge is 2.42. The fourth-order valence-corrected chi connectivity index (χ4v) is 4.33. The van der Waals surface area contributed by atoms with Crippen LogP contribution >= 0.6 is 22.6 Å². The van der Waals surface area contributed by atoms with Gasteiger partial charge >= 0.3 is 11.6 Å². The summed E-state index contributed by atoms with van der Waals surface area (Å²) in [5, 5.41) is 4.30. The third kappa shape index (κ3) is 4.29. The first-order chi connectivity index (χ1) is 12.8. The summed E-state index contributed by atoms with van der Waals surface area (Å²) < 4.78 is 17.7. The molecular weight excluding hydrogens is 461 g/mol. The quantitative estimate of drug-likeness (QED) is 0.399. The van der Waals surface area contributed by atoms with Crippen LogP contribution < -0.4 is 10.9 Å². The summed E-state index contributed by atoms with van der Waals surface area (Å²) in [6.45, 7) is 7.74. The minimum Gasteiger partial charge on any atom is -0.434 e. The lowest BCUT2D eigenvalue weighted by molar-refractivity contribution is -0.223. The number of nitrogens with one attached hydrogen (secondary N) is 1. The van der Waals surface area contributed by atoms with E-state index < -0.39 is 6.29 Å². The van der Waals surface area contributed by atoms with Gasteiger partial charge in [0, 0.05) is 33.7 Å². The maximum Gasteiger partial charge on any atom is 0.337 e. The number of carbonyl (C=O) groups excluding carboxylic acids is 1. The lowest BCUT2D eigenvalue weighted by Crippen LogP contribution is -2.54. The van der Waals surface area contributed by atoms with Gasteiger partial charge in [-0.2, -0.15) is 0 Å². The zero-order valence-electron chi connectivity index (χ0n) is 15.8. The molecule has 1 saturated heterocycles. The van der Waals surface area contributed by atoms with Gasteiger partial charge in [0.25, 0.3) is 0 Å². The highest BCUT2D eigenvalue weighted by Crippen LogP contribution is 2.35. The second-order valence-corrected chi connectivity index (χ2v) is 8.24. The topological polar surface area (TPSA) is 77.8 Å². The Morgan fingerprint density at radius 1 is 1.26 bits per heavy atom. The van der Waals surface area contributed by atoms with E-state index in [1.54, 1.807) is 6.07 Å². The molecule has 146 valence electrons. The number of hydrogen-bond donors (Lipinski definition) is 1. The number of ether oxygens (including phenoxy) is 2. The fourth-order valence-electron chi connectivity index (χ4n) is 3.63. The van der Waals surface area contributed by atoms with Crippen LogP contribution in [-0.2, 0) is 14.3 Å². The van der Waals surface area contributed by atoms with Crippen molar-refractivity contribution in [1.29, 1.82) is 0 Å². The van der Waals surface area contributed by atoms with Crippen LogP contribution in [0.4, 0.5) is 5.69 Å². The Morgan fingerprint density at radius 3 is 2.67 bits per heavy atom. The van der Waals surface area contributed by atoms with Gasteiger partial charge in [-0.15, -0.1) is 0 Å². The molecule has 6 nitrogen and oxygen atoms in total. The SMILES string of the molecule is CCC1OC(OC(C)=O)C(Nc2ccc3c(I)cc(=O)oc3c2)[C@@H](C)[C@@H]1C. The number of halogens is 1. The van der Waals surface area contributed by atoms with E-state index >= 15 is 0 Å². The third-order valence-corrected chi connectivity index (χ3v) is 6.19. The Hall–Kier alpha value is -1.61. The van der Waals surface area contributed by atoms with Gasteiger partial charge in [-0.25, -0.2) is 4.79 Å². The average Bonchev–Trinajstić information content (AvgIpc) is 2.60. The Bertz CT molecular complexity index is 896. The molecule has 1 aliphatic heterocycles. The summed E-state index contributed by atoms with van der Waals surface area (Å²) in [4.78, 5) is 23.2. The average molecular weight is 485 g/mol. The molecule has 1 fully saturated rings. The van der Waals surface area contributed by atoms with Crippen molar-refractivity contribution in [2.75, 3.05) is 5.32 Å². The predicted molar refractivity (Wildman–Crippen MR) is 112 cm³/mol. The number of esters is 1. The molecule has 0 aliphatic carbocycles. The highest BCUT2D eigenvalue weighted by molar-refractivity contribution is 14.1. The van der Waals surface area contributed by atoms with Crippen LogP contribution in [0.5, 0.6) is 0 Å². The van der Waals surface area contributed by atoms with E-state index in [0.29, 0.717) is 11.5 Å². The monoisotopic (exact) mass is 485 g/mol. The standard InChI is InChI=1S/C20H24INO5/c1-5-16-10(2)11(3)19(20(27-16)25-12(4)23)22-13-6-7-14-15(21)9-18(24)26-17(14)8-13/h6-11,16,19-20,22H,5H2,1-4H3/t10-,11-,16?,19?,20?/m0/s1. The van der Waals surface area contributed by atoms with E-state index in [1.165, 1.54) is 13.0 Å². The molecule has 2 aromatic rings. The molecule has 1 aromatic carbocycles. The highest BCUT2D eigenvalue weighted by atomic mass is 127. The second kappa shape index (κ2) is 8.18. The minimum atomic E-state index is -0.669. The van der Waals surface area contributed by atoms with Crippen LogP contribution in [0, 0.1) is 15.4 Å². The summed E-state index contributed by atoms with van der Waals surface area (Å²) in [5.74, 6) is 0.146. The van der Waals surface area contributed by atoms with Crippen LogP contribution in [0.3, 0.4) is 0 Å². The molecule has 0 amide bonds. The lowest BCUT2D eigenvalue weighted by atomic mass is 9.81. The van der Waals surface area contributed by atoms with E-state index in [4.69, 9.17) is 13.9 Å². The minimum absolute atomic E-state index is 0.0404. The van der Waals surface area contributed by atoms with Crippen molar-refractivity contribution in [2.24, 2.45) is 11.8 Å². The van der Waals surface area contributed by atoms with E-state index in [0.717, 1.165) is 21.1 Å². The largest absolute Gasteiger partial charge is 0.434 e. The summed E-state index contributed by atoms with van der Waals surface area (Å²) in [5.41, 5.74) is 0.924. The van der Waals surface area contributed by atoms with Gasteiger partial charge in [0.15, 0.2) is 0 Å². The van der Waals surface area contributed by atoms with E-state index in [-0.39, 0.29) is 29.7 Å². The molecule has 1 aromatic heterocycles. The second-order valence-electron chi connectivity index (χ2n) is 7.07. The van der Waals surface area contributed by atoms with Crippen molar-refractivity contribution < 1.29 is 18.7 Å². The first kappa shape index (κ1) is 20.1. The van der Waals surface area contributed by atoms with Crippen LogP contribution in [0.25, 0.3) is 11.0 Å². The van der Waals surface area contributed by atoms with Crippen LogP contribution in [0.2, 0.25) is 0 Å². The third-order valence-electron chi connectivity index (χ3n) is 5.30. The Labute approximate surface area is 171 Å². The molecule has 5 atom stereocenters. The van der Waals surface area contributed by atoms with Crippen molar-refractivity contribution in [1.82, 2.24) is 0 Å². The molecule has 1 N–H and O–H groups in total. The summed E-state index contributed by atoms with van der Waals surface area (Å²) >= 11 is 2.12. The molecule has 0 saturated carbocycles. The Balaban J connectivity index is 1.92. The number of anilines is 1. The molecule has 7 heteroatoms. The van der Waals surface area contributed by atoms with Gasteiger partial charge in [-0.3, -0.25) is 4.79 Å². The summed E-state index contributed by atoms with van der Waals surface area (Å²) in [6.07, 6.45) is 0.228. The number of carbonyl (C=O) groups is 1. The summed E-state index contributed by atoms with van der Waals surface area (Å²) in [7, 11) is 0. The van der Waals surface area contributed by atoms with Crippen LogP contribution in [0.1, 0.15) is 34.1 Å². The number of benzene rings is 1. The predicted octanol–water partition coefficient (Wildman–Crippen LogP) is 4.15. The fraction of sp³-hybridized carbons (Fsp3) is 0.500. The lowest BCUT2D eigenvalue weighted by Gasteiger charge is -2.44. The molecule has 0 spiro atoms. The molecule has 1 aliphatic rings. The molecule has 3 unspecified atom stereocenters. The smallest absolute Gasteiger partial charge is 0.337 e. The maximum absolute atomic E-state index is 11.7. The van der Waals surface area contributed by atoms with Gasteiger partial charge in [0.1, 0.15) is 5.58 Å². The molecule has 27 heavy (non-hydrogen) atoms. The first-order valence-electron chi connectivity index (χ1n) is 9.12. The van der Waals surface area contributed by atoms with Crippen LogP contribution in [0.15, 0.2) is 33.5 Å². The zero-order chi connectivity index (χ0) is 19.7. The molecule has 0 radical (unpaired) electrons. The first-order valence-corrected chi connectivity index (χ1v) is 10.2. The maximum atomic E-state index is 11.7. The Morgan fingerprint density at radius 2 is 2.00 bits per heavy atom. The molecule has 0 bridgehead atoms. The van der Waals surface area contributed by atoms with E-state index in [2.05, 4.69) is 48.7 Å². The van der Waals surface area contributed by atoms with Crippen LogP contribution in [-0.4, -0.2) is 24.4 Å². The van der Waals surface area contributed by atoms with Gasteiger partial charge < -0.3 is 19.2 Å². The molecular formula is C20H24INO5. The van der Waals surface area contributed by atoms with Crippen molar-refractivity contribution in [2.45, 2.75) is 52.6 Å².